The molecule has 0 bridgehead atoms. The number of hydrogen-bond donors (Lipinski definition) is 1. The lowest BCUT2D eigenvalue weighted by molar-refractivity contribution is 0.850. The average Bonchev–Trinajstić information content (AvgIpc) is 2.77. The molecule has 0 fully saturated rings. The van der Waals surface area contributed by atoms with E-state index in [2.05, 4.69) is 37.6 Å². The number of anilines is 1. The van der Waals surface area contributed by atoms with Crippen LogP contribution >= 0.6 is 39.5 Å². The molecule has 2 N–H and O–H groups in total. The predicted octanol–water partition coefficient (Wildman–Crippen LogP) is 3.19. The van der Waals surface area contributed by atoms with Crippen molar-refractivity contribution in [2.45, 2.75) is 20.4 Å². The molecule has 0 amide bonds. The van der Waals surface area contributed by atoms with Crippen LogP contribution in [0.1, 0.15) is 22.4 Å². The fourth-order valence-corrected chi connectivity index (χ4v) is 3.38. The van der Waals surface area contributed by atoms with Crippen molar-refractivity contribution in [1.29, 1.82) is 0 Å². The van der Waals surface area contributed by atoms with Crippen molar-refractivity contribution in [1.82, 2.24) is 10.2 Å². The van der Waals surface area contributed by atoms with Crippen LogP contribution in [0.2, 0.25) is 0 Å². The SMILES string of the molecule is Cc1nnc(N(C)Cc2csc(Br)c2)c(C(N)=S)c1C. The van der Waals surface area contributed by atoms with E-state index in [-0.39, 0.29) is 0 Å². The van der Waals surface area contributed by atoms with Gasteiger partial charge in [-0.05, 0) is 52.4 Å². The first kappa shape index (κ1) is 15.3. The number of rotatable bonds is 4. The second kappa shape index (κ2) is 6.15. The second-order valence-electron chi connectivity index (χ2n) is 4.59. The van der Waals surface area contributed by atoms with Crippen LogP contribution in [0.25, 0.3) is 0 Å². The molecule has 7 heteroatoms. The molecule has 0 saturated heterocycles. The molecule has 0 aliphatic carbocycles. The monoisotopic (exact) mass is 370 g/mol. The number of nitrogens with two attached hydrogens (primary N) is 1. The van der Waals surface area contributed by atoms with Gasteiger partial charge < -0.3 is 10.6 Å². The molecule has 20 heavy (non-hydrogen) atoms. The lowest BCUT2D eigenvalue weighted by Gasteiger charge is -2.21. The molecule has 4 nitrogen and oxygen atoms in total. The van der Waals surface area contributed by atoms with E-state index < -0.39 is 0 Å². The maximum Gasteiger partial charge on any atom is 0.161 e. The molecule has 106 valence electrons. The fraction of sp³-hybridized carbons (Fsp3) is 0.308. The van der Waals surface area contributed by atoms with Gasteiger partial charge in [0.25, 0.3) is 0 Å². The Bertz CT molecular complexity index is 654. The summed E-state index contributed by atoms with van der Waals surface area (Å²) in [6, 6.07) is 2.09. The maximum atomic E-state index is 5.85. The molecule has 0 aromatic carbocycles. The van der Waals surface area contributed by atoms with E-state index in [1.54, 1.807) is 11.3 Å². The smallest absolute Gasteiger partial charge is 0.161 e. The number of aromatic nitrogens is 2. The van der Waals surface area contributed by atoms with Gasteiger partial charge in [-0.25, -0.2) is 0 Å². The molecule has 0 aliphatic heterocycles. The fourth-order valence-electron chi connectivity index (χ4n) is 1.94. The summed E-state index contributed by atoms with van der Waals surface area (Å²) in [7, 11) is 1.96. The van der Waals surface area contributed by atoms with Gasteiger partial charge >= 0.3 is 0 Å². The van der Waals surface area contributed by atoms with Gasteiger partial charge in [-0.3, -0.25) is 0 Å². The lowest BCUT2D eigenvalue weighted by atomic mass is 10.1. The van der Waals surface area contributed by atoms with Crippen molar-refractivity contribution in [3.63, 3.8) is 0 Å². The Hall–Kier alpha value is -1.05. The van der Waals surface area contributed by atoms with Crippen molar-refractivity contribution >= 4 is 50.3 Å². The molecular formula is C13H15BrN4S2. The highest BCUT2D eigenvalue weighted by molar-refractivity contribution is 9.11. The molecule has 0 spiro atoms. The minimum atomic E-state index is 0.355. The van der Waals surface area contributed by atoms with E-state index in [9.17, 15) is 0 Å². The van der Waals surface area contributed by atoms with Crippen molar-refractivity contribution in [3.05, 3.63) is 37.6 Å². The summed E-state index contributed by atoms with van der Waals surface area (Å²) in [4.78, 5) is 2.37. The Morgan fingerprint density at radius 3 is 2.70 bits per heavy atom. The molecule has 0 unspecified atom stereocenters. The highest BCUT2D eigenvalue weighted by atomic mass is 79.9. The molecule has 2 aromatic heterocycles. The summed E-state index contributed by atoms with van der Waals surface area (Å²) < 4.78 is 1.11. The van der Waals surface area contributed by atoms with Gasteiger partial charge in [0.2, 0.25) is 0 Å². The zero-order valence-electron chi connectivity index (χ0n) is 11.5. The summed E-state index contributed by atoms with van der Waals surface area (Å²) in [6.45, 7) is 4.61. The zero-order valence-corrected chi connectivity index (χ0v) is 14.7. The van der Waals surface area contributed by atoms with Crippen LogP contribution in [0.3, 0.4) is 0 Å². The van der Waals surface area contributed by atoms with Gasteiger partial charge in [-0.1, -0.05) is 12.2 Å². The van der Waals surface area contributed by atoms with Gasteiger partial charge in [-0.2, -0.15) is 5.10 Å². The molecule has 0 radical (unpaired) electrons. The van der Waals surface area contributed by atoms with Crippen LogP contribution in [0.15, 0.2) is 15.2 Å². The Morgan fingerprint density at radius 2 is 2.15 bits per heavy atom. The van der Waals surface area contributed by atoms with E-state index in [4.69, 9.17) is 18.0 Å². The third-order valence-electron chi connectivity index (χ3n) is 3.09. The van der Waals surface area contributed by atoms with Crippen LogP contribution in [0.5, 0.6) is 0 Å². The zero-order chi connectivity index (χ0) is 14.9. The minimum absolute atomic E-state index is 0.355. The third kappa shape index (κ3) is 3.16. The molecule has 0 aliphatic rings. The number of hydrogen-bond acceptors (Lipinski definition) is 5. The van der Waals surface area contributed by atoms with Gasteiger partial charge in [-0.15, -0.1) is 16.4 Å². The number of aryl methyl sites for hydroxylation is 1. The maximum absolute atomic E-state index is 5.85. The van der Waals surface area contributed by atoms with Gasteiger partial charge in [0.1, 0.15) is 4.99 Å². The summed E-state index contributed by atoms with van der Waals surface area (Å²) >= 11 is 10.3. The van der Waals surface area contributed by atoms with Crippen molar-refractivity contribution < 1.29 is 0 Å². The summed E-state index contributed by atoms with van der Waals surface area (Å²) in [5.41, 5.74) is 9.70. The van der Waals surface area contributed by atoms with Crippen LogP contribution in [-0.2, 0) is 6.54 Å². The molecule has 0 atom stereocenters. The Kier molecular flexibility index (Phi) is 4.72. The number of nitrogens with zero attached hydrogens (tertiary/aromatic N) is 3. The summed E-state index contributed by atoms with van der Waals surface area (Å²) in [6.07, 6.45) is 0. The van der Waals surface area contributed by atoms with Gasteiger partial charge in [0, 0.05) is 13.6 Å². The highest BCUT2D eigenvalue weighted by Gasteiger charge is 2.17. The van der Waals surface area contributed by atoms with Crippen molar-refractivity contribution in [2.24, 2.45) is 5.73 Å². The van der Waals surface area contributed by atoms with Gasteiger partial charge in [0.15, 0.2) is 5.82 Å². The summed E-state index contributed by atoms with van der Waals surface area (Å²) in [5.74, 6) is 0.725. The first-order chi connectivity index (χ1) is 9.40. The first-order valence-electron chi connectivity index (χ1n) is 5.98. The number of thiophene rings is 1. The minimum Gasteiger partial charge on any atom is -0.389 e. The quantitative estimate of drug-likeness (QED) is 0.837. The first-order valence-corrected chi connectivity index (χ1v) is 8.06. The largest absolute Gasteiger partial charge is 0.389 e. The van der Waals surface area contributed by atoms with E-state index >= 15 is 0 Å². The van der Waals surface area contributed by atoms with Gasteiger partial charge in [0.05, 0.1) is 15.0 Å². The van der Waals surface area contributed by atoms with E-state index in [0.29, 0.717) is 4.99 Å². The van der Waals surface area contributed by atoms with E-state index in [1.807, 2.05) is 25.8 Å². The molecular weight excluding hydrogens is 356 g/mol. The Balaban J connectivity index is 2.36. The normalized spacial score (nSPS) is 10.6. The standard InChI is InChI=1S/C13H15BrN4S2/c1-7-8(2)16-17-13(11(7)12(15)19)18(3)5-9-4-10(14)20-6-9/h4,6H,5H2,1-3H3,(H2,15,19). The molecule has 2 rings (SSSR count). The molecule has 2 heterocycles. The third-order valence-corrected chi connectivity index (χ3v) is 4.84. The van der Waals surface area contributed by atoms with Crippen molar-refractivity contribution in [3.8, 4) is 0 Å². The van der Waals surface area contributed by atoms with Crippen LogP contribution < -0.4 is 10.6 Å². The average molecular weight is 371 g/mol. The van der Waals surface area contributed by atoms with E-state index in [0.717, 1.165) is 33.0 Å². The Morgan fingerprint density at radius 1 is 1.45 bits per heavy atom. The van der Waals surface area contributed by atoms with Crippen LogP contribution in [-0.4, -0.2) is 22.2 Å². The topological polar surface area (TPSA) is 55.0 Å². The number of thiocarbonyl (C=S) groups is 1. The van der Waals surface area contributed by atoms with E-state index in [1.165, 1.54) is 5.56 Å². The lowest BCUT2D eigenvalue weighted by Crippen LogP contribution is -2.24. The summed E-state index contributed by atoms with van der Waals surface area (Å²) in [5, 5.41) is 10.5. The van der Waals surface area contributed by atoms with Crippen LogP contribution in [0, 0.1) is 13.8 Å². The van der Waals surface area contributed by atoms with Crippen molar-refractivity contribution in [2.75, 3.05) is 11.9 Å². The molecule has 2 aromatic rings. The second-order valence-corrected chi connectivity index (χ2v) is 7.32. The predicted molar refractivity (Wildman–Crippen MR) is 91.5 cm³/mol. The highest BCUT2D eigenvalue weighted by Crippen LogP contribution is 2.25. The Labute approximate surface area is 136 Å². The number of halogens is 1. The molecule has 0 saturated carbocycles. The van der Waals surface area contributed by atoms with Crippen LogP contribution in [0.4, 0.5) is 5.82 Å².